The quantitative estimate of drug-likeness (QED) is 0.706. The van der Waals surface area contributed by atoms with Crippen molar-refractivity contribution in [3.8, 4) is 5.69 Å². The average molecular weight is 267 g/mol. The number of ether oxygens (including phenoxy) is 1. The van der Waals surface area contributed by atoms with Crippen LogP contribution in [0.4, 0.5) is 0 Å². The maximum Gasteiger partial charge on any atom is 0.163 e. The van der Waals surface area contributed by atoms with Gasteiger partial charge in [0.15, 0.2) is 11.6 Å². The zero-order chi connectivity index (χ0) is 13.4. The highest BCUT2D eigenvalue weighted by Crippen LogP contribution is 2.23. The maximum atomic E-state index is 5.65. The molecule has 6 heteroatoms. The van der Waals surface area contributed by atoms with Crippen LogP contribution in [0.15, 0.2) is 43.0 Å². The zero-order valence-electron chi connectivity index (χ0n) is 10.8. The summed E-state index contributed by atoms with van der Waals surface area (Å²) in [6.07, 6.45) is 5.46. The summed E-state index contributed by atoms with van der Waals surface area (Å²) in [4.78, 5) is 4.06. The van der Waals surface area contributed by atoms with Gasteiger partial charge in [0.2, 0.25) is 0 Å². The highest BCUT2D eigenvalue weighted by molar-refractivity contribution is 5.43. The van der Waals surface area contributed by atoms with E-state index >= 15 is 0 Å². The molecule has 0 N–H and O–H groups in total. The van der Waals surface area contributed by atoms with Gasteiger partial charge in [-0.3, -0.25) is 4.57 Å². The van der Waals surface area contributed by atoms with Gasteiger partial charge in [0, 0.05) is 18.0 Å². The van der Waals surface area contributed by atoms with Crippen molar-refractivity contribution in [2.45, 2.75) is 19.8 Å². The number of imidazole rings is 1. The highest BCUT2D eigenvalue weighted by Gasteiger charge is 2.19. The van der Waals surface area contributed by atoms with Gasteiger partial charge in [0.25, 0.3) is 0 Å². The fourth-order valence-electron chi connectivity index (χ4n) is 2.47. The smallest absolute Gasteiger partial charge is 0.163 e. The summed E-state index contributed by atoms with van der Waals surface area (Å²) in [7, 11) is 0. The Labute approximate surface area is 115 Å². The number of hydrogen-bond donors (Lipinski definition) is 0. The number of para-hydroxylation sites is 1. The molecule has 2 aromatic heterocycles. The first-order valence-corrected chi connectivity index (χ1v) is 6.47. The standard InChI is InChI=1S/C14H13N5O/c1-2-4-12-11(3-1)8-20-9-14-17-16-13(19(12)14)7-18-6-5-15-10-18/h1-6,10H,7-9H2. The monoisotopic (exact) mass is 267 g/mol. The van der Waals surface area contributed by atoms with Gasteiger partial charge in [-0.05, 0) is 6.07 Å². The van der Waals surface area contributed by atoms with Crippen LogP contribution in [0.1, 0.15) is 17.2 Å². The Morgan fingerprint density at radius 1 is 1.15 bits per heavy atom. The van der Waals surface area contributed by atoms with E-state index in [1.54, 1.807) is 12.5 Å². The van der Waals surface area contributed by atoms with Crippen LogP contribution in [0.2, 0.25) is 0 Å². The molecule has 0 saturated heterocycles. The third kappa shape index (κ3) is 1.81. The maximum absolute atomic E-state index is 5.65. The molecular formula is C14H13N5O. The lowest BCUT2D eigenvalue weighted by molar-refractivity contribution is 0.105. The third-order valence-corrected chi connectivity index (χ3v) is 3.40. The highest BCUT2D eigenvalue weighted by atomic mass is 16.5. The second kappa shape index (κ2) is 4.57. The molecule has 0 amide bonds. The van der Waals surface area contributed by atoms with E-state index in [1.165, 1.54) is 0 Å². The number of nitrogens with zero attached hydrogens (tertiary/aromatic N) is 5. The lowest BCUT2D eigenvalue weighted by atomic mass is 10.2. The van der Waals surface area contributed by atoms with Crippen molar-refractivity contribution in [3.63, 3.8) is 0 Å². The first kappa shape index (κ1) is 11.4. The number of benzene rings is 1. The van der Waals surface area contributed by atoms with E-state index in [0.29, 0.717) is 19.8 Å². The Hall–Kier alpha value is -2.47. The minimum Gasteiger partial charge on any atom is -0.369 e. The van der Waals surface area contributed by atoms with Crippen molar-refractivity contribution < 1.29 is 4.74 Å². The molecule has 0 unspecified atom stereocenters. The van der Waals surface area contributed by atoms with E-state index in [2.05, 4.69) is 31.9 Å². The van der Waals surface area contributed by atoms with E-state index in [-0.39, 0.29) is 0 Å². The van der Waals surface area contributed by atoms with Crippen molar-refractivity contribution in [1.82, 2.24) is 24.3 Å². The Kier molecular flexibility index (Phi) is 2.60. The summed E-state index contributed by atoms with van der Waals surface area (Å²) in [6.45, 7) is 1.72. The second-order valence-corrected chi connectivity index (χ2v) is 4.72. The number of fused-ring (bicyclic) bond motifs is 3. The molecule has 0 aliphatic carbocycles. The Morgan fingerprint density at radius 3 is 3.00 bits per heavy atom. The summed E-state index contributed by atoms with van der Waals surface area (Å²) in [5, 5.41) is 8.55. The SMILES string of the molecule is c1ccc2c(c1)COCc1nnc(Cn3ccnc3)n1-2. The van der Waals surface area contributed by atoms with Crippen molar-refractivity contribution >= 4 is 0 Å². The number of hydrogen-bond acceptors (Lipinski definition) is 4. The van der Waals surface area contributed by atoms with Crippen molar-refractivity contribution in [2.75, 3.05) is 0 Å². The minimum atomic E-state index is 0.478. The first-order chi connectivity index (χ1) is 9.92. The molecular weight excluding hydrogens is 254 g/mol. The molecule has 3 heterocycles. The Balaban J connectivity index is 1.84. The van der Waals surface area contributed by atoms with Gasteiger partial charge in [0.1, 0.15) is 6.61 Å². The van der Waals surface area contributed by atoms with Crippen LogP contribution in [0.3, 0.4) is 0 Å². The lowest BCUT2D eigenvalue weighted by Crippen LogP contribution is -2.08. The molecule has 0 fully saturated rings. The number of aromatic nitrogens is 5. The fourth-order valence-corrected chi connectivity index (χ4v) is 2.47. The van der Waals surface area contributed by atoms with E-state index in [0.717, 1.165) is 22.9 Å². The predicted octanol–water partition coefficient (Wildman–Crippen LogP) is 1.54. The average Bonchev–Trinajstić information content (AvgIpc) is 3.07. The molecule has 6 nitrogen and oxygen atoms in total. The molecule has 0 saturated carbocycles. The molecule has 0 spiro atoms. The largest absolute Gasteiger partial charge is 0.369 e. The first-order valence-electron chi connectivity index (χ1n) is 6.47. The van der Waals surface area contributed by atoms with Gasteiger partial charge in [-0.2, -0.15) is 0 Å². The van der Waals surface area contributed by atoms with Gasteiger partial charge in [0.05, 0.1) is 25.2 Å². The van der Waals surface area contributed by atoms with Crippen molar-refractivity contribution in [1.29, 1.82) is 0 Å². The molecule has 3 aromatic rings. The topological polar surface area (TPSA) is 57.8 Å². The van der Waals surface area contributed by atoms with Gasteiger partial charge in [-0.15, -0.1) is 10.2 Å². The molecule has 20 heavy (non-hydrogen) atoms. The molecule has 0 radical (unpaired) electrons. The van der Waals surface area contributed by atoms with Gasteiger partial charge < -0.3 is 9.30 Å². The van der Waals surface area contributed by atoms with Crippen LogP contribution in [0, 0.1) is 0 Å². The van der Waals surface area contributed by atoms with Crippen LogP contribution >= 0.6 is 0 Å². The van der Waals surface area contributed by atoms with Crippen LogP contribution in [0.25, 0.3) is 5.69 Å². The summed E-state index contributed by atoms with van der Waals surface area (Å²) >= 11 is 0. The van der Waals surface area contributed by atoms with Gasteiger partial charge in [-0.25, -0.2) is 4.98 Å². The van der Waals surface area contributed by atoms with E-state index in [1.807, 2.05) is 22.9 Å². The van der Waals surface area contributed by atoms with Crippen molar-refractivity contribution in [3.05, 3.63) is 60.2 Å². The Bertz CT molecular complexity index is 732. The summed E-state index contributed by atoms with van der Waals surface area (Å²) in [5.41, 5.74) is 2.25. The zero-order valence-corrected chi connectivity index (χ0v) is 10.8. The normalized spacial score (nSPS) is 13.6. The van der Waals surface area contributed by atoms with Crippen LogP contribution < -0.4 is 0 Å². The van der Waals surface area contributed by atoms with Gasteiger partial charge >= 0.3 is 0 Å². The van der Waals surface area contributed by atoms with Crippen LogP contribution in [-0.4, -0.2) is 24.3 Å². The summed E-state index contributed by atoms with van der Waals surface area (Å²) in [5.74, 6) is 1.72. The molecule has 0 bridgehead atoms. The van der Waals surface area contributed by atoms with Crippen LogP contribution in [-0.2, 0) is 24.5 Å². The van der Waals surface area contributed by atoms with E-state index in [9.17, 15) is 0 Å². The van der Waals surface area contributed by atoms with E-state index < -0.39 is 0 Å². The minimum absolute atomic E-state index is 0.478. The summed E-state index contributed by atoms with van der Waals surface area (Å²) in [6, 6.07) is 8.20. The predicted molar refractivity (Wildman–Crippen MR) is 71.2 cm³/mol. The van der Waals surface area contributed by atoms with E-state index in [4.69, 9.17) is 4.74 Å². The van der Waals surface area contributed by atoms with Gasteiger partial charge in [-0.1, -0.05) is 18.2 Å². The molecule has 100 valence electrons. The number of rotatable bonds is 2. The fraction of sp³-hybridized carbons (Fsp3) is 0.214. The van der Waals surface area contributed by atoms with Crippen molar-refractivity contribution in [2.24, 2.45) is 0 Å². The van der Waals surface area contributed by atoms with Crippen LogP contribution in [0.5, 0.6) is 0 Å². The molecule has 4 rings (SSSR count). The molecule has 0 atom stereocenters. The second-order valence-electron chi connectivity index (χ2n) is 4.72. The Morgan fingerprint density at radius 2 is 2.10 bits per heavy atom. The molecule has 1 aliphatic rings. The molecule has 1 aromatic carbocycles. The molecule has 1 aliphatic heterocycles. The summed E-state index contributed by atoms with van der Waals surface area (Å²) < 4.78 is 9.72. The lowest BCUT2D eigenvalue weighted by Gasteiger charge is -2.10. The third-order valence-electron chi connectivity index (χ3n) is 3.40.